The molecule has 1 heterocycles. The van der Waals surface area contributed by atoms with Crippen LogP contribution in [0, 0.1) is 6.92 Å². The zero-order valence-corrected chi connectivity index (χ0v) is 15.2. The van der Waals surface area contributed by atoms with Gasteiger partial charge in [-0.1, -0.05) is 84.6 Å². The molecular formula is C22H18N2OS. The van der Waals surface area contributed by atoms with Gasteiger partial charge in [-0.3, -0.25) is 0 Å². The minimum Gasteiger partial charge on any atom is -0.411 e. The molecule has 3 nitrogen and oxygen atoms in total. The molecule has 0 aliphatic carbocycles. The summed E-state index contributed by atoms with van der Waals surface area (Å²) in [5.74, 6) is 1.37. The fraction of sp³-hybridized carbons (Fsp3) is 0.0909. The maximum Gasteiger partial charge on any atom is 0.277 e. The third-order valence-corrected chi connectivity index (χ3v) is 5.09. The Hall–Kier alpha value is -2.85. The van der Waals surface area contributed by atoms with Crippen LogP contribution in [0.1, 0.15) is 11.1 Å². The molecule has 1 aromatic heterocycles. The monoisotopic (exact) mass is 358 g/mol. The highest BCUT2D eigenvalue weighted by molar-refractivity contribution is 7.98. The van der Waals surface area contributed by atoms with Gasteiger partial charge in [0, 0.05) is 11.3 Å². The number of hydrogen-bond acceptors (Lipinski definition) is 4. The molecule has 4 rings (SSSR count). The molecule has 3 aromatic carbocycles. The molecule has 0 unspecified atom stereocenters. The summed E-state index contributed by atoms with van der Waals surface area (Å²) in [5.41, 5.74) is 5.79. The summed E-state index contributed by atoms with van der Waals surface area (Å²) in [6.07, 6.45) is 0. The summed E-state index contributed by atoms with van der Waals surface area (Å²) in [7, 11) is 0. The summed E-state index contributed by atoms with van der Waals surface area (Å²) >= 11 is 1.56. The molecule has 0 fully saturated rings. The van der Waals surface area contributed by atoms with Gasteiger partial charge in [-0.05, 0) is 35.2 Å². The first-order valence-electron chi connectivity index (χ1n) is 8.46. The number of aromatic nitrogens is 2. The number of hydrogen-bond donors (Lipinski definition) is 0. The SMILES string of the molecule is Cc1ccccc1-c1nnc(SCc2ccc(-c3ccccc3)cc2)o1. The molecule has 0 atom stereocenters. The van der Waals surface area contributed by atoms with Crippen LogP contribution in [-0.4, -0.2) is 10.2 Å². The molecule has 0 radical (unpaired) electrons. The molecule has 4 heteroatoms. The third-order valence-electron chi connectivity index (χ3n) is 4.21. The van der Waals surface area contributed by atoms with Gasteiger partial charge in [0.05, 0.1) is 0 Å². The van der Waals surface area contributed by atoms with Crippen molar-refractivity contribution in [3.63, 3.8) is 0 Å². The van der Waals surface area contributed by atoms with Gasteiger partial charge in [0.15, 0.2) is 0 Å². The lowest BCUT2D eigenvalue weighted by Crippen LogP contribution is -1.82. The summed E-state index contributed by atoms with van der Waals surface area (Å²) in [4.78, 5) is 0. The van der Waals surface area contributed by atoms with Gasteiger partial charge < -0.3 is 4.42 Å². The van der Waals surface area contributed by atoms with E-state index in [0.29, 0.717) is 11.1 Å². The Balaban J connectivity index is 1.43. The van der Waals surface area contributed by atoms with Gasteiger partial charge in [-0.25, -0.2) is 0 Å². The van der Waals surface area contributed by atoms with Gasteiger partial charge >= 0.3 is 0 Å². The van der Waals surface area contributed by atoms with Gasteiger partial charge in [0.2, 0.25) is 5.89 Å². The predicted molar refractivity (Wildman–Crippen MR) is 106 cm³/mol. The van der Waals surface area contributed by atoms with E-state index in [1.165, 1.54) is 16.7 Å². The Morgan fingerprint density at radius 1 is 0.769 bits per heavy atom. The highest BCUT2D eigenvalue weighted by atomic mass is 32.2. The summed E-state index contributed by atoms with van der Waals surface area (Å²) in [6.45, 7) is 2.04. The van der Waals surface area contributed by atoms with Crippen molar-refractivity contribution in [1.82, 2.24) is 10.2 Å². The maximum absolute atomic E-state index is 5.81. The van der Waals surface area contributed by atoms with Crippen LogP contribution in [0.25, 0.3) is 22.6 Å². The number of nitrogens with zero attached hydrogens (tertiary/aromatic N) is 2. The topological polar surface area (TPSA) is 38.9 Å². The van der Waals surface area contributed by atoms with Crippen LogP contribution in [-0.2, 0) is 5.75 Å². The molecule has 0 spiro atoms. The highest BCUT2D eigenvalue weighted by Crippen LogP contribution is 2.28. The molecule has 0 N–H and O–H groups in total. The van der Waals surface area contributed by atoms with Crippen molar-refractivity contribution in [3.05, 3.63) is 90.0 Å². The first kappa shape index (κ1) is 16.6. The van der Waals surface area contributed by atoms with Crippen LogP contribution >= 0.6 is 11.8 Å². The molecule has 0 saturated carbocycles. The van der Waals surface area contributed by atoms with Crippen molar-refractivity contribution in [3.8, 4) is 22.6 Å². The Morgan fingerprint density at radius 2 is 1.46 bits per heavy atom. The van der Waals surface area contributed by atoms with Crippen LogP contribution in [0.3, 0.4) is 0 Å². The highest BCUT2D eigenvalue weighted by Gasteiger charge is 2.11. The van der Waals surface area contributed by atoms with Crippen molar-refractivity contribution in [2.75, 3.05) is 0 Å². The number of thioether (sulfide) groups is 1. The first-order valence-corrected chi connectivity index (χ1v) is 9.45. The zero-order chi connectivity index (χ0) is 17.8. The lowest BCUT2D eigenvalue weighted by Gasteiger charge is -2.03. The second-order valence-electron chi connectivity index (χ2n) is 6.04. The van der Waals surface area contributed by atoms with Crippen LogP contribution in [0.2, 0.25) is 0 Å². The third kappa shape index (κ3) is 3.70. The van der Waals surface area contributed by atoms with Crippen molar-refractivity contribution in [2.45, 2.75) is 17.9 Å². The van der Waals surface area contributed by atoms with Gasteiger partial charge in [-0.15, -0.1) is 10.2 Å². The first-order chi connectivity index (χ1) is 12.8. The fourth-order valence-electron chi connectivity index (χ4n) is 2.76. The van der Waals surface area contributed by atoms with E-state index >= 15 is 0 Å². The van der Waals surface area contributed by atoms with Crippen LogP contribution in [0.4, 0.5) is 0 Å². The molecule has 128 valence electrons. The van der Waals surface area contributed by atoms with Crippen molar-refractivity contribution >= 4 is 11.8 Å². The van der Waals surface area contributed by atoms with E-state index in [4.69, 9.17) is 4.42 Å². The second-order valence-corrected chi connectivity index (χ2v) is 6.97. The molecule has 4 aromatic rings. The minimum atomic E-state index is 0.574. The quantitative estimate of drug-likeness (QED) is 0.410. The molecule has 0 saturated heterocycles. The van der Waals surface area contributed by atoms with Crippen LogP contribution in [0.5, 0.6) is 0 Å². The zero-order valence-electron chi connectivity index (χ0n) is 14.4. The van der Waals surface area contributed by atoms with E-state index < -0.39 is 0 Å². The molecule has 0 aliphatic heterocycles. The predicted octanol–water partition coefficient (Wildman–Crippen LogP) is 6.00. The standard InChI is InChI=1S/C22H18N2OS/c1-16-7-5-6-10-20(16)21-23-24-22(25-21)26-15-17-11-13-19(14-12-17)18-8-3-2-4-9-18/h2-14H,15H2,1H3. The number of rotatable bonds is 5. The minimum absolute atomic E-state index is 0.574. The smallest absolute Gasteiger partial charge is 0.277 e. The summed E-state index contributed by atoms with van der Waals surface area (Å²) in [6, 6.07) is 27.0. The second kappa shape index (κ2) is 7.58. The fourth-order valence-corrected chi connectivity index (χ4v) is 3.48. The van der Waals surface area contributed by atoms with Crippen molar-refractivity contribution < 1.29 is 4.42 Å². The molecule has 0 amide bonds. The molecule has 0 bridgehead atoms. The Labute approximate surface area is 157 Å². The summed E-state index contributed by atoms with van der Waals surface area (Å²) in [5, 5.41) is 8.93. The Bertz CT molecular complexity index is 994. The van der Waals surface area contributed by atoms with E-state index in [1.807, 2.05) is 37.3 Å². The number of aryl methyl sites for hydroxylation is 1. The number of benzene rings is 3. The van der Waals surface area contributed by atoms with Crippen LogP contribution < -0.4 is 0 Å². The molecular weight excluding hydrogens is 340 g/mol. The largest absolute Gasteiger partial charge is 0.411 e. The molecule has 26 heavy (non-hydrogen) atoms. The summed E-state index contributed by atoms with van der Waals surface area (Å²) < 4.78 is 5.81. The van der Waals surface area contributed by atoms with E-state index in [1.54, 1.807) is 11.8 Å². The molecule has 0 aliphatic rings. The van der Waals surface area contributed by atoms with E-state index in [2.05, 4.69) is 58.7 Å². The van der Waals surface area contributed by atoms with E-state index in [-0.39, 0.29) is 0 Å². The van der Waals surface area contributed by atoms with Gasteiger partial charge in [0.25, 0.3) is 5.22 Å². The van der Waals surface area contributed by atoms with Gasteiger partial charge in [0.1, 0.15) is 0 Å². The lowest BCUT2D eigenvalue weighted by molar-refractivity contribution is 0.465. The average molecular weight is 358 g/mol. The van der Waals surface area contributed by atoms with E-state index in [0.717, 1.165) is 16.9 Å². The van der Waals surface area contributed by atoms with Gasteiger partial charge in [-0.2, -0.15) is 0 Å². The average Bonchev–Trinajstić information content (AvgIpc) is 3.17. The van der Waals surface area contributed by atoms with E-state index in [9.17, 15) is 0 Å². The van der Waals surface area contributed by atoms with Crippen molar-refractivity contribution in [2.24, 2.45) is 0 Å². The maximum atomic E-state index is 5.81. The van der Waals surface area contributed by atoms with Crippen LogP contribution in [0.15, 0.2) is 88.5 Å². The lowest BCUT2D eigenvalue weighted by atomic mass is 10.0. The Morgan fingerprint density at radius 3 is 2.23 bits per heavy atom. The van der Waals surface area contributed by atoms with Crippen molar-refractivity contribution in [1.29, 1.82) is 0 Å². The Kier molecular flexibility index (Phi) is 4.84. The normalized spacial score (nSPS) is 10.8.